The molecule has 1 aromatic heterocycles. The molecule has 1 amide bonds. The molecule has 25 heavy (non-hydrogen) atoms. The van der Waals surface area contributed by atoms with Crippen LogP contribution < -0.4 is 5.32 Å². The van der Waals surface area contributed by atoms with E-state index in [4.69, 9.17) is 11.6 Å². The second kappa shape index (κ2) is 6.46. The van der Waals surface area contributed by atoms with Gasteiger partial charge in [-0.15, -0.1) is 0 Å². The molecule has 0 saturated carbocycles. The lowest BCUT2D eigenvalue weighted by atomic mass is 10.1. The van der Waals surface area contributed by atoms with Gasteiger partial charge in [0.25, 0.3) is 5.91 Å². The molecule has 1 fully saturated rings. The third kappa shape index (κ3) is 3.72. The molecule has 1 aliphatic rings. The summed E-state index contributed by atoms with van der Waals surface area (Å²) in [6.07, 6.45) is 0.523. The number of hydrogen-bond donors (Lipinski definition) is 1. The topological polar surface area (TPSA) is 81.1 Å². The lowest BCUT2D eigenvalue weighted by Gasteiger charge is -2.11. The normalized spacial score (nSPS) is 19.1. The molecule has 6 nitrogen and oxygen atoms in total. The van der Waals surface area contributed by atoms with E-state index in [-0.39, 0.29) is 29.1 Å². The van der Waals surface area contributed by atoms with Crippen LogP contribution in [0.25, 0.3) is 0 Å². The second-order valence-corrected chi connectivity index (χ2v) is 9.20. The van der Waals surface area contributed by atoms with E-state index in [9.17, 15) is 13.2 Å². The third-order valence-corrected chi connectivity index (χ3v) is 6.43. The Balaban J connectivity index is 1.84. The van der Waals surface area contributed by atoms with Gasteiger partial charge in [0.2, 0.25) is 0 Å². The van der Waals surface area contributed by atoms with Crippen molar-refractivity contribution in [3.8, 4) is 0 Å². The maximum Gasteiger partial charge on any atom is 0.276 e. The Morgan fingerprint density at radius 1 is 1.28 bits per heavy atom. The van der Waals surface area contributed by atoms with Crippen LogP contribution in [0, 0.1) is 20.8 Å². The highest BCUT2D eigenvalue weighted by molar-refractivity contribution is 7.91. The zero-order chi connectivity index (χ0) is 18.4. The van der Waals surface area contributed by atoms with Crippen LogP contribution in [0.15, 0.2) is 18.2 Å². The van der Waals surface area contributed by atoms with Gasteiger partial charge in [0, 0.05) is 5.69 Å². The number of nitrogens with one attached hydrogen (secondary N) is 1. The fraction of sp³-hybridized carbons (Fsp3) is 0.412. The van der Waals surface area contributed by atoms with Crippen molar-refractivity contribution >= 4 is 33.0 Å². The zero-order valence-electron chi connectivity index (χ0n) is 14.3. The van der Waals surface area contributed by atoms with E-state index in [1.807, 2.05) is 26.8 Å². The summed E-state index contributed by atoms with van der Waals surface area (Å²) in [6.45, 7) is 5.63. The summed E-state index contributed by atoms with van der Waals surface area (Å²) in [5.41, 5.74) is 3.46. The molecule has 0 aliphatic carbocycles. The highest BCUT2D eigenvalue weighted by Gasteiger charge is 2.31. The molecule has 0 radical (unpaired) electrons. The summed E-state index contributed by atoms with van der Waals surface area (Å²) in [6, 6.07) is 5.18. The van der Waals surface area contributed by atoms with E-state index >= 15 is 0 Å². The molecule has 0 spiro atoms. The van der Waals surface area contributed by atoms with Gasteiger partial charge in [-0.1, -0.05) is 17.7 Å². The number of rotatable bonds is 3. The van der Waals surface area contributed by atoms with Crippen LogP contribution in [0.4, 0.5) is 5.69 Å². The summed E-state index contributed by atoms with van der Waals surface area (Å²) < 4.78 is 25.0. The largest absolute Gasteiger partial charge is 0.319 e. The molecule has 1 aliphatic heterocycles. The number of anilines is 1. The summed E-state index contributed by atoms with van der Waals surface area (Å²) in [7, 11) is -3.01. The number of carbonyl (C=O) groups is 1. The average Bonchev–Trinajstić information content (AvgIpc) is 3.05. The first-order valence-corrected chi connectivity index (χ1v) is 10.2. The van der Waals surface area contributed by atoms with Crippen molar-refractivity contribution in [2.45, 2.75) is 33.2 Å². The predicted octanol–water partition coefficient (Wildman–Crippen LogP) is 3.07. The first kappa shape index (κ1) is 17.9. The van der Waals surface area contributed by atoms with Crippen molar-refractivity contribution in [3.05, 3.63) is 45.7 Å². The lowest BCUT2D eigenvalue weighted by molar-refractivity contribution is 0.102. The fourth-order valence-electron chi connectivity index (χ4n) is 3.19. The number of aromatic nitrogens is 2. The molecule has 1 aromatic carbocycles. The van der Waals surface area contributed by atoms with Crippen molar-refractivity contribution in [2.75, 3.05) is 16.8 Å². The maximum atomic E-state index is 12.5. The number of hydrogen-bond acceptors (Lipinski definition) is 4. The van der Waals surface area contributed by atoms with Crippen molar-refractivity contribution < 1.29 is 13.2 Å². The third-order valence-electron chi connectivity index (χ3n) is 4.38. The summed E-state index contributed by atoms with van der Waals surface area (Å²) >= 11 is 6.23. The van der Waals surface area contributed by atoms with Crippen LogP contribution in [-0.2, 0) is 9.84 Å². The van der Waals surface area contributed by atoms with E-state index in [0.29, 0.717) is 17.1 Å². The Kier molecular flexibility index (Phi) is 4.64. The van der Waals surface area contributed by atoms with E-state index < -0.39 is 9.84 Å². The number of aryl methyl sites for hydroxylation is 3. The Hall–Kier alpha value is -1.86. The SMILES string of the molecule is Cc1cc(C)c(NC(=O)c2cc(C)n(C3CCS(=O)(=O)C3)n2)c(Cl)c1. The van der Waals surface area contributed by atoms with Gasteiger partial charge in [0.1, 0.15) is 0 Å². The molecule has 1 saturated heterocycles. The van der Waals surface area contributed by atoms with Crippen molar-refractivity contribution in [1.29, 1.82) is 0 Å². The molecule has 1 atom stereocenters. The van der Waals surface area contributed by atoms with Crippen LogP contribution in [0.1, 0.15) is 39.8 Å². The number of nitrogens with zero attached hydrogens (tertiary/aromatic N) is 2. The average molecular weight is 382 g/mol. The van der Waals surface area contributed by atoms with Gasteiger partial charge < -0.3 is 5.32 Å². The maximum absolute atomic E-state index is 12.5. The van der Waals surface area contributed by atoms with Crippen LogP contribution in [0.5, 0.6) is 0 Å². The minimum atomic E-state index is -3.01. The van der Waals surface area contributed by atoms with Crippen LogP contribution in [0.2, 0.25) is 5.02 Å². The van der Waals surface area contributed by atoms with Gasteiger partial charge in [-0.3, -0.25) is 9.48 Å². The number of sulfone groups is 1. The van der Waals surface area contributed by atoms with Crippen LogP contribution in [-0.4, -0.2) is 35.6 Å². The van der Waals surface area contributed by atoms with Crippen LogP contribution >= 0.6 is 11.6 Å². The molecule has 1 unspecified atom stereocenters. The molecule has 2 heterocycles. The summed E-state index contributed by atoms with van der Waals surface area (Å²) in [5.74, 6) is -0.132. The summed E-state index contributed by atoms with van der Waals surface area (Å²) in [5, 5.41) is 7.61. The fourth-order valence-corrected chi connectivity index (χ4v) is 5.25. The van der Waals surface area contributed by atoms with Gasteiger partial charge in [-0.25, -0.2) is 8.42 Å². The van der Waals surface area contributed by atoms with E-state index in [1.54, 1.807) is 16.8 Å². The molecular formula is C17H20ClN3O3S. The smallest absolute Gasteiger partial charge is 0.276 e. The Bertz CT molecular complexity index is 927. The lowest BCUT2D eigenvalue weighted by Crippen LogP contribution is -2.17. The molecule has 2 aromatic rings. The van der Waals surface area contributed by atoms with Crippen LogP contribution in [0.3, 0.4) is 0 Å². The molecule has 134 valence electrons. The first-order chi connectivity index (χ1) is 11.7. The zero-order valence-corrected chi connectivity index (χ0v) is 15.9. The Morgan fingerprint density at radius 3 is 2.60 bits per heavy atom. The van der Waals surface area contributed by atoms with Gasteiger partial charge in [-0.2, -0.15) is 5.10 Å². The van der Waals surface area contributed by atoms with Gasteiger partial charge in [-0.05, 0) is 50.5 Å². The minimum absolute atomic E-state index is 0.0689. The predicted molar refractivity (Wildman–Crippen MR) is 98.2 cm³/mol. The van der Waals surface area contributed by atoms with Crippen molar-refractivity contribution in [1.82, 2.24) is 9.78 Å². The highest BCUT2D eigenvalue weighted by atomic mass is 35.5. The number of benzene rings is 1. The highest BCUT2D eigenvalue weighted by Crippen LogP contribution is 2.28. The first-order valence-electron chi connectivity index (χ1n) is 8.01. The second-order valence-electron chi connectivity index (χ2n) is 6.57. The molecule has 0 bridgehead atoms. The molecule has 3 rings (SSSR count). The van der Waals surface area contributed by atoms with E-state index in [1.165, 1.54) is 0 Å². The molecule has 8 heteroatoms. The molecule has 1 N–H and O–H groups in total. The minimum Gasteiger partial charge on any atom is -0.319 e. The standard InChI is InChI=1S/C17H20ClN3O3S/c1-10-6-11(2)16(14(18)7-10)19-17(22)15-8-12(3)21(20-15)13-4-5-25(23,24)9-13/h6-8,13H,4-5,9H2,1-3H3,(H,19,22). The van der Waals surface area contributed by atoms with Crippen molar-refractivity contribution in [3.63, 3.8) is 0 Å². The number of carbonyl (C=O) groups excluding carboxylic acids is 1. The van der Waals surface area contributed by atoms with Gasteiger partial charge in [0.05, 0.1) is 28.3 Å². The number of halogens is 1. The monoisotopic (exact) mass is 381 g/mol. The Labute approximate surface area is 152 Å². The van der Waals surface area contributed by atoms with E-state index in [2.05, 4.69) is 10.4 Å². The number of amides is 1. The quantitative estimate of drug-likeness (QED) is 0.885. The summed E-state index contributed by atoms with van der Waals surface area (Å²) in [4.78, 5) is 12.5. The van der Waals surface area contributed by atoms with Crippen molar-refractivity contribution in [2.24, 2.45) is 0 Å². The molecular weight excluding hydrogens is 362 g/mol. The van der Waals surface area contributed by atoms with Gasteiger partial charge >= 0.3 is 0 Å². The Morgan fingerprint density at radius 2 is 2.00 bits per heavy atom. The van der Waals surface area contributed by atoms with Gasteiger partial charge in [0.15, 0.2) is 15.5 Å². The van der Waals surface area contributed by atoms with E-state index in [0.717, 1.165) is 16.8 Å².